The Hall–Kier alpha value is -3.21. The first kappa shape index (κ1) is 16.6. The van der Waals surface area contributed by atoms with E-state index in [2.05, 4.69) is 20.6 Å². The molecule has 0 spiro atoms. The third kappa shape index (κ3) is 4.88. The van der Waals surface area contributed by atoms with Gasteiger partial charge in [0, 0.05) is 24.6 Å². The molecule has 5 nitrogen and oxygen atoms in total. The van der Waals surface area contributed by atoms with Crippen molar-refractivity contribution in [2.24, 2.45) is 0 Å². The number of nitrogens with zero attached hydrogens (tertiary/aromatic N) is 2. The summed E-state index contributed by atoms with van der Waals surface area (Å²) in [6.45, 7) is 3.11. The third-order valence-electron chi connectivity index (χ3n) is 3.77. The van der Waals surface area contributed by atoms with Gasteiger partial charge in [-0.3, -0.25) is 14.8 Å². The molecule has 1 amide bonds. The van der Waals surface area contributed by atoms with Gasteiger partial charge in [0.25, 0.3) is 5.91 Å². The number of benzene rings is 1. The highest BCUT2D eigenvalue weighted by atomic mass is 16.1. The lowest BCUT2D eigenvalue weighted by Crippen LogP contribution is -2.23. The molecular weight excluding hydrogens is 312 g/mol. The van der Waals surface area contributed by atoms with Crippen LogP contribution in [0.1, 0.15) is 27.3 Å². The van der Waals surface area contributed by atoms with Crippen LogP contribution >= 0.6 is 0 Å². The normalized spacial score (nSPS) is 10.3. The lowest BCUT2D eigenvalue weighted by atomic mass is 10.1. The van der Waals surface area contributed by atoms with Crippen LogP contribution in [0.5, 0.6) is 0 Å². The predicted octanol–water partition coefficient (Wildman–Crippen LogP) is 3.33. The molecule has 0 bridgehead atoms. The van der Waals surface area contributed by atoms with Crippen LogP contribution in [-0.2, 0) is 13.1 Å². The summed E-state index contributed by atoms with van der Waals surface area (Å²) in [6, 6.07) is 17.4. The number of aryl methyl sites for hydroxylation is 1. The van der Waals surface area contributed by atoms with Gasteiger partial charge in [0.2, 0.25) is 0 Å². The van der Waals surface area contributed by atoms with E-state index in [1.165, 1.54) is 5.56 Å². The number of hydrogen-bond acceptors (Lipinski definition) is 4. The zero-order chi connectivity index (χ0) is 17.5. The predicted molar refractivity (Wildman–Crippen MR) is 98.1 cm³/mol. The van der Waals surface area contributed by atoms with Gasteiger partial charge >= 0.3 is 0 Å². The number of carbonyl (C=O) groups is 1. The van der Waals surface area contributed by atoms with Gasteiger partial charge in [0.15, 0.2) is 0 Å². The van der Waals surface area contributed by atoms with Crippen LogP contribution in [0.2, 0.25) is 0 Å². The second-order valence-electron chi connectivity index (χ2n) is 5.77. The fourth-order valence-corrected chi connectivity index (χ4v) is 2.34. The Morgan fingerprint density at radius 3 is 2.56 bits per heavy atom. The van der Waals surface area contributed by atoms with Crippen molar-refractivity contribution in [3.63, 3.8) is 0 Å². The van der Waals surface area contributed by atoms with Crippen molar-refractivity contribution >= 4 is 11.6 Å². The molecule has 0 saturated heterocycles. The van der Waals surface area contributed by atoms with Crippen molar-refractivity contribution in [3.05, 3.63) is 89.5 Å². The van der Waals surface area contributed by atoms with Crippen molar-refractivity contribution < 1.29 is 4.79 Å². The van der Waals surface area contributed by atoms with E-state index >= 15 is 0 Å². The van der Waals surface area contributed by atoms with Crippen LogP contribution in [0.25, 0.3) is 0 Å². The number of rotatable bonds is 6. The Labute approximate surface area is 147 Å². The summed E-state index contributed by atoms with van der Waals surface area (Å²) in [7, 11) is 0. The number of hydrogen-bond donors (Lipinski definition) is 2. The summed E-state index contributed by atoms with van der Waals surface area (Å²) < 4.78 is 0. The van der Waals surface area contributed by atoms with Gasteiger partial charge in [-0.2, -0.15) is 0 Å². The van der Waals surface area contributed by atoms with E-state index in [-0.39, 0.29) is 5.91 Å². The largest absolute Gasteiger partial charge is 0.379 e. The quantitative estimate of drug-likeness (QED) is 0.726. The minimum Gasteiger partial charge on any atom is -0.379 e. The molecule has 0 aliphatic heterocycles. The number of carbonyl (C=O) groups excluding carboxylic acids is 1. The van der Waals surface area contributed by atoms with E-state index in [4.69, 9.17) is 0 Å². The maximum Gasteiger partial charge on any atom is 0.270 e. The first-order valence-electron chi connectivity index (χ1n) is 8.14. The van der Waals surface area contributed by atoms with Crippen molar-refractivity contribution in [3.8, 4) is 0 Å². The van der Waals surface area contributed by atoms with Gasteiger partial charge in [-0.1, -0.05) is 35.9 Å². The molecule has 0 aliphatic rings. The molecule has 0 saturated carbocycles. The summed E-state index contributed by atoms with van der Waals surface area (Å²) in [4.78, 5) is 20.7. The van der Waals surface area contributed by atoms with Crippen LogP contribution in [0, 0.1) is 6.92 Å². The molecular formula is C20H20N4O. The lowest BCUT2D eigenvalue weighted by Gasteiger charge is -2.08. The van der Waals surface area contributed by atoms with Crippen molar-refractivity contribution in [1.82, 2.24) is 15.3 Å². The molecule has 2 N–H and O–H groups in total. The molecule has 0 atom stereocenters. The van der Waals surface area contributed by atoms with Crippen molar-refractivity contribution in [1.29, 1.82) is 0 Å². The Morgan fingerprint density at radius 1 is 0.960 bits per heavy atom. The summed E-state index contributed by atoms with van der Waals surface area (Å²) in [5.41, 5.74) is 4.41. The summed E-state index contributed by atoms with van der Waals surface area (Å²) >= 11 is 0. The summed E-state index contributed by atoms with van der Waals surface area (Å²) in [5, 5.41) is 6.15. The monoisotopic (exact) mass is 332 g/mol. The average Bonchev–Trinajstić information content (AvgIpc) is 2.67. The molecule has 3 aromatic rings. The highest BCUT2D eigenvalue weighted by molar-refractivity contribution is 5.93. The molecule has 2 heterocycles. The van der Waals surface area contributed by atoms with Crippen molar-refractivity contribution in [2.75, 3.05) is 5.32 Å². The van der Waals surface area contributed by atoms with Crippen LogP contribution in [0.15, 0.2) is 67.0 Å². The Morgan fingerprint density at radius 2 is 1.80 bits per heavy atom. The molecule has 0 unspecified atom stereocenters. The molecule has 0 radical (unpaired) electrons. The molecule has 126 valence electrons. The highest BCUT2D eigenvalue weighted by Crippen LogP contribution is 2.10. The van der Waals surface area contributed by atoms with Crippen molar-refractivity contribution in [2.45, 2.75) is 20.0 Å². The van der Waals surface area contributed by atoms with Gasteiger partial charge in [-0.15, -0.1) is 0 Å². The van der Waals surface area contributed by atoms with Gasteiger partial charge in [-0.25, -0.2) is 0 Å². The fourth-order valence-electron chi connectivity index (χ4n) is 2.34. The molecule has 0 fully saturated rings. The first-order valence-corrected chi connectivity index (χ1v) is 8.14. The summed E-state index contributed by atoms with van der Waals surface area (Å²) in [6.07, 6.45) is 3.38. The van der Waals surface area contributed by atoms with Gasteiger partial charge < -0.3 is 10.6 Å². The van der Waals surface area contributed by atoms with Crippen LogP contribution in [0.3, 0.4) is 0 Å². The number of amides is 1. The lowest BCUT2D eigenvalue weighted by molar-refractivity contribution is 0.0946. The SMILES string of the molecule is Cc1ccc(CNC(=O)c2cc(NCc3ccccn3)ccn2)cc1. The minimum absolute atomic E-state index is 0.193. The number of anilines is 1. The van der Waals surface area contributed by atoms with Crippen LogP contribution in [0.4, 0.5) is 5.69 Å². The number of nitrogens with one attached hydrogen (secondary N) is 2. The van der Waals surface area contributed by atoms with E-state index in [9.17, 15) is 4.79 Å². The maximum absolute atomic E-state index is 12.3. The molecule has 25 heavy (non-hydrogen) atoms. The second-order valence-corrected chi connectivity index (χ2v) is 5.77. The Kier molecular flexibility index (Phi) is 5.36. The van der Waals surface area contributed by atoms with Gasteiger partial charge in [0.05, 0.1) is 12.2 Å². The van der Waals surface area contributed by atoms with E-state index in [0.717, 1.165) is 16.9 Å². The fraction of sp³-hybridized carbons (Fsp3) is 0.150. The molecule has 5 heteroatoms. The molecule has 1 aromatic carbocycles. The zero-order valence-electron chi connectivity index (χ0n) is 14.1. The summed E-state index contributed by atoms with van der Waals surface area (Å²) in [5.74, 6) is -0.193. The highest BCUT2D eigenvalue weighted by Gasteiger charge is 2.08. The second kappa shape index (κ2) is 8.06. The minimum atomic E-state index is -0.193. The Bertz CT molecular complexity index is 832. The maximum atomic E-state index is 12.3. The third-order valence-corrected chi connectivity index (χ3v) is 3.77. The first-order chi connectivity index (χ1) is 12.2. The van der Waals surface area contributed by atoms with E-state index in [1.54, 1.807) is 18.5 Å². The standard InChI is InChI=1S/C20H20N4O/c1-15-5-7-16(8-6-15)13-24-20(25)19-12-17(9-11-22-19)23-14-18-4-2-3-10-21-18/h2-12H,13-14H2,1H3,(H,22,23)(H,24,25). The zero-order valence-corrected chi connectivity index (χ0v) is 14.1. The number of pyridine rings is 2. The van der Waals surface area contributed by atoms with Gasteiger partial charge in [0.1, 0.15) is 5.69 Å². The number of aromatic nitrogens is 2. The van der Waals surface area contributed by atoms with E-state index in [0.29, 0.717) is 18.8 Å². The topological polar surface area (TPSA) is 66.9 Å². The van der Waals surface area contributed by atoms with Crippen LogP contribution in [-0.4, -0.2) is 15.9 Å². The Balaban J connectivity index is 1.58. The van der Waals surface area contributed by atoms with Crippen LogP contribution < -0.4 is 10.6 Å². The van der Waals surface area contributed by atoms with Gasteiger partial charge in [-0.05, 0) is 36.8 Å². The van der Waals surface area contributed by atoms with E-state index in [1.807, 2.05) is 55.5 Å². The molecule has 0 aliphatic carbocycles. The molecule has 2 aromatic heterocycles. The average molecular weight is 332 g/mol. The van der Waals surface area contributed by atoms with E-state index < -0.39 is 0 Å². The molecule has 3 rings (SSSR count). The smallest absolute Gasteiger partial charge is 0.270 e.